The molecule has 1 N–H and O–H groups in total. The molecule has 21 heavy (non-hydrogen) atoms. The molecule has 0 amide bonds. The van der Waals surface area contributed by atoms with Crippen molar-refractivity contribution < 1.29 is 4.74 Å². The minimum atomic E-state index is 0.414. The third-order valence-corrected chi connectivity index (χ3v) is 3.41. The van der Waals surface area contributed by atoms with E-state index < -0.39 is 0 Å². The lowest BCUT2D eigenvalue weighted by molar-refractivity contribution is 0.461. The number of aryl methyl sites for hydroxylation is 2. The van der Waals surface area contributed by atoms with Crippen LogP contribution in [0.15, 0.2) is 30.6 Å². The van der Waals surface area contributed by atoms with E-state index in [0.29, 0.717) is 6.04 Å². The molecule has 0 aliphatic rings. The third-order valence-electron chi connectivity index (χ3n) is 3.20. The maximum absolute atomic E-state index is 6.12. The highest BCUT2D eigenvalue weighted by Gasteiger charge is 2.10. The normalized spacial score (nSPS) is 11.0. The molecule has 2 rings (SSSR count). The van der Waals surface area contributed by atoms with E-state index in [1.165, 1.54) is 0 Å². The van der Waals surface area contributed by atoms with E-state index in [-0.39, 0.29) is 0 Å². The van der Waals surface area contributed by atoms with Crippen LogP contribution in [0, 0.1) is 13.8 Å². The highest BCUT2D eigenvalue weighted by molar-refractivity contribution is 6.30. The van der Waals surface area contributed by atoms with Gasteiger partial charge in [0.05, 0.1) is 0 Å². The van der Waals surface area contributed by atoms with E-state index in [2.05, 4.69) is 24.1 Å². The minimum Gasteiger partial charge on any atom is -0.456 e. The van der Waals surface area contributed by atoms with Crippen molar-refractivity contribution in [1.82, 2.24) is 10.3 Å². The number of benzene rings is 1. The lowest BCUT2D eigenvalue weighted by atomic mass is 10.1. The van der Waals surface area contributed by atoms with Crippen LogP contribution in [-0.2, 0) is 6.54 Å². The molecule has 1 aromatic carbocycles. The van der Waals surface area contributed by atoms with Crippen LogP contribution in [-0.4, -0.2) is 11.0 Å². The van der Waals surface area contributed by atoms with Gasteiger partial charge in [0.2, 0.25) is 0 Å². The zero-order chi connectivity index (χ0) is 15.4. The summed E-state index contributed by atoms with van der Waals surface area (Å²) in [6.45, 7) is 8.96. The summed E-state index contributed by atoms with van der Waals surface area (Å²) in [5, 5.41) is 4.12. The van der Waals surface area contributed by atoms with Gasteiger partial charge < -0.3 is 10.1 Å². The Hall–Kier alpha value is -1.58. The number of hydrogen-bond donors (Lipinski definition) is 1. The highest BCUT2D eigenvalue weighted by Crippen LogP contribution is 2.32. The minimum absolute atomic E-state index is 0.414. The lowest BCUT2D eigenvalue weighted by Gasteiger charge is -2.16. The fourth-order valence-electron chi connectivity index (χ4n) is 2.13. The smallest absolute Gasteiger partial charge is 0.135 e. The Kier molecular flexibility index (Phi) is 5.21. The molecule has 0 atom stereocenters. The van der Waals surface area contributed by atoms with Crippen LogP contribution in [0.5, 0.6) is 11.5 Å². The van der Waals surface area contributed by atoms with Gasteiger partial charge in [0.15, 0.2) is 0 Å². The van der Waals surface area contributed by atoms with Crippen LogP contribution < -0.4 is 10.1 Å². The summed E-state index contributed by atoms with van der Waals surface area (Å²) >= 11 is 6.07. The SMILES string of the molecule is Cc1cc(Cl)cc(C)c1Oc1ccncc1CNC(C)C. The summed E-state index contributed by atoms with van der Waals surface area (Å²) in [6, 6.07) is 6.14. The quantitative estimate of drug-likeness (QED) is 0.873. The molecule has 0 saturated carbocycles. The van der Waals surface area contributed by atoms with Crippen LogP contribution >= 0.6 is 11.6 Å². The molecule has 0 saturated heterocycles. The molecule has 0 aliphatic heterocycles. The number of hydrogen-bond acceptors (Lipinski definition) is 3. The molecule has 4 heteroatoms. The number of rotatable bonds is 5. The third kappa shape index (κ3) is 4.19. The number of ether oxygens (including phenoxy) is 1. The Morgan fingerprint density at radius 2 is 1.90 bits per heavy atom. The monoisotopic (exact) mass is 304 g/mol. The summed E-state index contributed by atoms with van der Waals surface area (Å²) in [7, 11) is 0. The maximum Gasteiger partial charge on any atom is 0.135 e. The molecule has 1 aromatic heterocycles. The van der Waals surface area contributed by atoms with E-state index >= 15 is 0 Å². The number of pyridine rings is 1. The molecule has 0 spiro atoms. The summed E-state index contributed by atoms with van der Waals surface area (Å²) < 4.78 is 6.12. The average molecular weight is 305 g/mol. The van der Waals surface area contributed by atoms with Gasteiger partial charge in [-0.2, -0.15) is 0 Å². The number of nitrogens with one attached hydrogen (secondary N) is 1. The second kappa shape index (κ2) is 6.92. The first-order chi connectivity index (χ1) is 9.97. The summed E-state index contributed by atoms with van der Waals surface area (Å²) in [5.41, 5.74) is 3.10. The zero-order valence-corrected chi connectivity index (χ0v) is 13.7. The van der Waals surface area contributed by atoms with Gasteiger partial charge in [-0.15, -0.1) is 0 Å². The molecule has 112 valence electrons. The highest BCUT2D eigenvalue weighted by atomic mass is 35.5. The van der Waals surface area contributed by atoms with E-state index in [1.807, 2.05) is 38.2 Å². The molecule has 2 aromatic rings. The van der Waals surface area contributed by atoms with E-state index in [9.17, 15) is 0 Å². The Bertz CT molecular complexity index is 603. The standard InChI is InChI=1S/C17H21ClN2O/c1-11(2)20-10-14-9-19-6-5-16(14)21-17-12(3)7-15(18)8-13(17)4/h5-9,11,20H,10H2,1-4H3. The fourth-order valence-corrected chi connectivity index (χ4v) is 2.46. The summed E-state index contributed by atoms with van der Waals surface area (Å²) in [6.07, 6.45) is 3.58. The first-order valence-electron chi connectivity index (χ1n) is 7.08. The van der Waals surface area contributed by atoms with Gasteiger partial charge in [-0.25, -0.2) is 0 Å². The molecule has 3 nitrogen and oxygen atoms in total. The Morgan fingerprint density at radius 3 is 2.52 bits per heavy atom. The molecule has 0 fully saturated rings. The second-order valence-corrected chi connectivity index (χ2v) is 5.93. The summed E-state index contributed by atoms with van der Waals surface area (Å²) in [5.74, 6) is 1.68. The molecular weight excluding hydrogens is 284 g/mol. The van der Waals surface area contributed by atoms with Gasteiger partial charge in [0, 0.05) is 35.6 Å². The van der Waals surface area contributed by atoms with E-state index in [4.69, 9.17) is 16.3 Å². The first kappa shape index (κ1) is 15.8. The van der Waals surface area contributed by atoms with Crippen molar-refractivity contribution in [3.8, 4) is 11.5 Å². The predicted octanol–water partition coefficient (Wildman–Crippen LogP) is 4.64. The number of halogens is 1. The van der Waals surface area contributed by atoms with E-state index in [1.54, 1.807) is 6.20 Å². The zero-order valence-electron chi connectivity index (χ0n) is 12.9. The van der Waals surface area contributed by atoms with Gasteiger partial charge in [0.25, 0.3) is 0 Å². The maximum atomic E-state index is 6.12. The van der Waals surface area contributed by atoms with E-state index in [0.717, 1.165) is 39.8 Å². The second-order valence-electron chi connectivity index (χ2n) is 5.49. The summed E-state index contributed by atoms with van der Waals surface area (Å²) in [4.78, 5) is 4.18. The van der Waals surface area contributed by atoms with Crippen LogP contribution in [0.25, 0.3) is 0 Å². The Morgan fingerprint density at radius 1 is 1.24 bits per heavy atom. The molecular formula is C17H21ClN2O. The Balaban J connectivity index is 2.28. The van der Waals surface area contributed by atoms with Crippen molar-refractivity contribution in [2.75, 3.05) is 0 Å². The average Bonchev–Trinajstić information content (AvgIpc) is 2.41. The van der Waals surface area contributed by atoms with Crippen molar-refractivity contribution in [3.05, 3.63) is 52.3 Å². The molecule has 0 radical (unpaired) electrons. The predicted molar refractivity (Wildman–Crippen MR) is 87.2 cm³/mol. The van der Waals surface area contributed by atoms with Crippen molar-refractivity contribution in [1.29, 1.82) is 0 Å². The van der Waals surface area contributed by atoms with Crippen LogP contribution in [0.4, 0.5) is 0 Å². The van der Waals surface area contributed by atoms with Crippen molar-refractivity contribution in [2.24, 2.45) is 0 Å². The molecule has 0 aliphatic carbocycles. The van der Waals surface area contributed by atoms with Gasteiger partial charge in [-0.05, 0) is 43.2 Å². The van der Waals surface area contributed by atoms with Crippen molar-refractivity contribution in [3.63, 3.8) is 0 Å². The van der Waals surface area contributed by atoms with Crippen LogP contribution in [0.2, 0.25) is 5.02 Å². The van der Waals surface area contributed by atoms with Crippen molar-refractivity contribution in [2.45, 2.75) is 40.3 Å². The largest absolute Gasteiger partial charge is 0.456 e. The van der Waals surface area contributed by atoms with Crippen molar-refractivity contribution >= 4 is 11.6 Å². The van der Waals surface area contributed by atoms with Gasteiger partial charge in [-0.3, -0.25) is 4.98 Å². The molecule has 1 heterocycles. The topological polar surface area (TPSA) is 34.1 Å². The van der Waals surface area contributed by atoms with Crippen LogP contribution in [0.1, 0.15) is 30.5 Å². The molecule has 0 unspecified atom stereocenters. The lowest BCUT2D eigenvalue weighted by Crippen LogP contribution is -2.22. The number of aromatic nitrogens is 1. The Labute approximate surface area is 131 Å². The van der Waals surface area contributed by atoms with Crippen LogP contribution in [0.3, 0.4) is 0 Å². The van der Waals surface area contributed by atoms with Gasteiger partial charge >= 0.3 is 0 Å². The molecule has 0 bridgehead atoms. The fraction of sp³-hybridized carbons (Fsp3) is 0.353. The first-order valence-corrected chi connectivity index (χ1v) is 7.46. The number of nitrogens with zero attached hydrogens (tertiary/aromatic N) is 1. The van der Waals surface area contributed by atoms with Gasteiger partial charge in [0.1, 0.15) is 11.5 Å². The van der Waals surface area contributed by atoms with Gasteiger partial charge in [-0.1, -0.05) is 25.4 Å².